The van der Waals surface area contributed by atoms with Crippen molar-refractivity contribution in [2.75, 3.05) is 6.61 Å². The van der Waals surface area contributed by atoms with Gasteiger partial charge in [-0.1, -0.05) is 30.3 Å². The largest absolute Gasteiger partial charge is 0.463 e. The van der Waals surface area contributed by atoms with Gasteiger partial charge in [-0.25, -0.2) is 4.79 Å². The summed E-state index contributed by atoms with van der Waals surface area (Å²) in [6.45, 7) is 1.86. The van der Waals surface area contributed by atoms with Crippen molar-refractivity contribution in [2.45, 2.75) is 19.8 Å². The summed E-state index contributed by atoms with van der Waals surface area (Å²) in [5, 5.41) is 10.8. The number of hydrogen-bond acceptors (Lipinski definition) is 4. The first kappa shape index (κ1) is 13.9. The Kier molecular flexibility index (Phi) is 5.57. The van der Waals surface area contributed by atoms with E-state index in [0.29, 0.717) is 6.42 Å². The average Bonchev–Trinajstić information content (AvgIpc) is 2.35. The fraction of sp³-hybridized carbons (Fsp3) is 0.308. The highest BCUT2D eigenvalue weighted by molar-refractivity contribution is 5.82. The Labute approximate surface area is 105 Å². The summed E-state index contributed by atoms with van der Waals surface area (Å²) in [6.07, 6.45) is 1.68. The van der Waals surface area contributed by atoms with Gasteiger partial charge in [0.25, 0.3) is 5.70 Å². The van der Waals surface area contributed by atoms with Gasteiger partial charge in [0.1, 0.15) is 0 Å². The van der Waals surface area contributed by atoms with E-state index in [2.05, 4.69) is 4.74 Å². The Balaban J connectivity index is 2.64. The summed E-state index contributed by atoms with van der Waals surface area (Å²) in [4.78, 5) is 21.4. The van der Waals surface area contributed by atoms with E-state index in [4.69, 9.17) is 0 Å². The predicted molar refractivity (Wildman–Crippen MR) is 66.5 cm³/mol. The van der Waals surface area contributed by atoms with Crippen molar-refractivity contribution < 1.29 is 14.5 Å². The number of allylic oxidation sites excluding steroid dienone is 1. The van der Waals surface area contributed by atoms with Crippen LogP contribution in [0.15, 0.2) is 42.1 Å². The topological polar surface area (TPSA) is 69.4 Å². The second-order valence-electron chi connectivity index (χ2n) is 3.63. The molecule has 0 amide bonds. The number of nitrogens with zero attached hydrogens (tertiary/aromatic N) is 1. The molecule has 0 bridgehead atoms. The van der Waals surface area contributed by atoms with Crippen molar-refractivity contribution in [3.63, 3.8) is 0 Å². The SMILES string of the molecule is CCOC(=O)/C=C(\CCc1ccccc1)[N+](=O)[O-]. The molecule has 0 saturated carbocycles. The second-order valence-corrected chi connectivity index (χ2v) is 3.63. The number of carbonyl (C=O) groups is 1. The van der Waals surface area contributed by atoms with Gasteiger partial charge in [-0.3, -0.25) is 10.1 Å². The Bertz CT molecular complexity index is 440. The quantitative estimate of drug-likeness (QED) is 0.336. The van der Waals surface area contributed by atoms with Crippen LogP contribution in [0, 0.1) is 10.1 Å². The summed E-state index contributed by atoms with van der Waals surface area (Å²) in [5.41, 5.74) is 0.867. The minimum atomic E-state index is -0.669. The van der Waals surface area contributed by atoms with Crippen LogP contribution in [-0.2, 0) is 16.0 Å². The summed E-state index contributed by atoms with van der Waals surface area (Å²) in [6, 6.07) is 9.41. The van der Waals surface area contributed by atoms with Crippen LogP contribution in [0.3, 0.4) is 0 Å². The highest BCUT2D eigenvalue weighted by Crippen LogP contribution is 2.10. The lowest BCUT2D eigenvalue weighted by atomic mass is 10.1. The second kappa shape index (κ2) is 7.21. The van der Waals surface area contributed by atoms with Gasteiger partial charge in [0.15, 0.2) is 0 Å². The zero-order chi connectivity index (χ0) is 13.4. The van der Waals surface area contributed by atoms with Crippen molar-refractivity contribution in [3.8, 4) is 0 Å². The van der Waals surface area contributed by atoms with Gasteiger partial charge in [0, 0.05) is 6.42 Å². The van der Waals surface area contributed by atoms with E-state index < -0.39 is 10.9 Å². The van der Waals surface area contributed by atoms with Crippen molar-refractivity contribution in [1.29, 1.82) is 0 Å². The van der Waals surface area contributed by atoms with Crippen LogP contribution in [-0.4, -0.2) is 17.5 Å². The number of esters is 1. The Morgan fingerprint density at radius 2 is 2.06 bits per heavy atom. The van der Waals surface area contributed by atoms with Crippen molar-refractivity contribution >= 4 is 5.97 Å². The van der Waals surface area contributed by atoms with E-state index in [9.17, 15) is 14.9 Å². The first-order valence-electron chi connectivity index (χ1n) is 5.69. The normalized spacial score (nSPS) is 11.1. The lowest BCUT2D eigenvalue weighted by Crippen LogP contribution is -2.07. The fourth-order valence-corrected chi connectivity index (χ4v) is 1.45. The zero-order valence-electron chi connectivity index (χ0n) is 10.2. The maximum Gasteiger partial charge on any atom is 0.337 e. The number of hydrogen-bond donors (Lipinski definition) is 0. The van der Waals surface area contributed by atoms with E-state index in [-0.39, 0.29) is 18.7 Å². The minimum absolute atomic E-state index is 0.127. The van der Waals surface area contributed by atoms with Gasteiger partial charge in [0.2, 0.25) is 0 Å². The third kappa shape index (κ3) is 4.78. The highest BCUT2D eigenvalue weighted by atomic mass is 16.6. The Morgan fingerprint density at radius 1 is 1.39 bits per heavy atom. The first-order valence-corrected chi connectivity index (χ1v) is 5.69. The van der Waals surface area contributed by atoms with Crippen LogP contribution in [0.25, 0.3) is 0 Å². The molecule has 0 radical (unpaired) electrons. The molecule has 0 unspecified atom stereocenters. The van der Waals surface area contributed by atoms with E-state index >= 15 is 0 Å². The molecule has 0 aliphatic heterocycles. The van der Waals surface area contributed by atoms with Gasteiger partial charge in [-0.15, -0.1) is 0 Å². The molecular weight excluding hydrogens is 234 g/mol. The average molecular weight is 249 g/mol. The number of aryl methyl sites for hydroxylation is 1. The smallest absolute Gasteiger partial charge is 0.337 e. The molecule has 1 aromatic carbocycles. The third-order valence-electron chi connectivity index (χ3n) is 2.32. The zero-order valence-corrected chi connectivity index (χ0v) is 10.2. The van der Waals surface area contributed by atoms with Crippen LogP contribution in [0.2, 0.25) is 0 Å². The molecule has 1 rings (SSSR count). The van der Waals surface area contributed by atoms with Crippen LogP contribution in [0.4, 0.5) is 0 Å². The summed E-state index contributed by atoms with van der Waals surface area (Å²) in [7, 11) is 0. The fourth-order valence-electron chi connectivity index (χ4n) is 1.45. The maximum absolute atomic E-state index is 11.2. The number of rotatable bonds is 6. The lowest BCUT2D eigenvalue weighted by Gasteiger charge is -2.00. The van der Waals surface area contributed by atoms with E-state index in [1.54, 1.807) is 6.92 Å². The number of carbonyl (C=O) groups excluding carboxylic acids is 1. The van der Waals surface area contributed by atoms with E-state index in [1.165, 1.54) is 0 Å². The minimum Gasteiger partial charge on any atom is -0.463 e. The van der Waals surface area contributed by atoms with E-state index in [0.717, 1.165) is 11.6 Å². The molecule has 0 heterocycles. The van der Waals surface area contributed by atoms with Crippen molar-refractivity contribution in [1.82, 2.24) is 0 Å². The van der Waals surface area contributed by atoms with Gasteiger partial charge < -0.3 is 4.74 Å². The molecule has 5 nitrogen and oxygen atoms in total. The molecule has 96 valence electrons. The monoisotopic (exact) mass is 249 g/mol. The number of nitro groups is 1. The third-order valence-corrected chi connectivity index (χ3v) is 2.32. The Morgan fingerprint density at radius 3 is 2.61 bits per heavy atom. The van der Waals surface area contributed by atoms with Gasteiger partial charge in [-0.2, -0.15) is 0 Å². The highest BCUT2D eigenvalue weighted by Gasteiger charge is 2.13. The van der Waals surface area contributed by atoms with Crippen LogP contribution >= 0.6 is 0 Å². The Hall–Kier alpha value is -2.17. The molecule has 18 heavy (non-hydrogen) atoms. The predicted octanol–water partition coefficient (Wildman–Crippen LogP) is 2.34. The van der Waals surface area contributed by atoms with Crippen molar-refractivity contribution in [2.24, 2.45) is 0 Å². The van der Waals surface area contributed by atoms with Crippen LogP contribution < -0.4 is 0 Å². The van der Waals surface area contributed by atoms with E-state index in [1.807, 2.05) is 30.3 Å². The first-order chi connectivity index (χ1) is 8.63. The summed E-state index contributed by atoms with van der Waals surface area (Å²) in [5.74, 6) is -0.669. The standard InChI is InChI=1S/C13H15NO4/c1-2-18-13(15)10-12(14(16)17)9-8-11-6-4-3-5-7-11/h3-7,10H,2,8-9H2,1H3/b12-10+. The molecule has 0 aliphatic rings. The van der Waals surface area contributed by atoms with Gasteiger partial charge >= 0.3 is 5.97 Å². The molecule has 0 atom stereocenters. The molecule has 0 aromatic heterocycles. The van der Waals surface area contributed by atoms with Crippen LogP contribution in [0.1, 0.15) is 18.9 Å². The maximum atomic E-state index is 11.2. The van der Waals surface area contributed by atoms with Crippen molar-refractivity contribution in [3.05, 3.63) is 57.8 Å². The van der Waals surface area contributed by atoms with Gasteiger partial charge in [0.05, 0.1) is 17.6 Å². The van der Waals surface area contributed by atoms with Crippen LogP contribution in [0.5, 0.6) is 0 Å². The number of ether oxygens (including phenoxy) is 1. The molecule has 0 N–H and O–H groups in total. The summed E-state index contributed by atoms with van der Waals surface area (Å²) < 4.78 is 4.65. The molecule has 0 saturated heterocycles. The summed E-state index contributed by atoms with van der Waals surface area (Å²) >= 11 is 0. The molecule has 0 fully saturated rings. The molecule has 0 spiro atoms. The lowest BCUT2D eigenvalue weighted by molar-refractivity contribution is -0.427. The van der Waals surface area contributed by atoms with Gasteiger partial charge in [-0.05, 0) is 18.9 Å². The molecule has 5 heteroatoms. The molecule has 1 aromatic rings. The number of benzene rings is 1. The molecular formula is C13H15NO4. The molecule has 0 aliphatic carbocycles.